The number of aryl methyl sites for hydroxylation is 1. The van der Waals surface area contributed by atoms with Crippen molar-refractivity contribution >= 4 is 22.9 Å². The molecule has 17 heavy (non-hydrogen) atoms. The molecule has 3 nitrogen and oxygen atoms in total. The summed E-state index contributed by atoms with van der Waals surface area (Å²) < 4.78 is 0. The van der Waals surface area contributed by atoms with Crippen LogP contribution >= 0.6 is 11.3 Å². The normalized spacial score (nSPS) is 9.94. The molecule has 1 aromatic carbocycles. The molecule has 0 saturated heterocycles. The molecule has 0 unspecified atom stereocenters. The van der Waals surface area contributed by atoms with Crippen molar-refractivity contribution in [2.75, 3.05) is 5.32 Å². The highest BCUT2D eigenvalue weighted by molar-refractivity contribution is 7.09. The molecule has 0 aliphatic rings. The minimum atomic E-state index is -0.206. The van der Waals surface area contributed by atoms with Gasteiger partial charge in [0.25, 0.3) is 0 Å². The van der Waals surface area contributed by atoms with Crippen LogP contribution in [0, 0.1) is 6.92 Å². The summed E-state index contributed by atoms with van der Waals surface area (Å²) >= 11 is 1.62. The summed E-state index contributed by atoms with van der Waals surface area (Å²) in [5.41, 5.74) is 2.77. The first-order valence-corrected chi connectivity index (χ1v) is 6.03. The van der Waals surface area contributed by atoms with Gasteiger partial charge in [0.1, 0.15) is 0 Å². The lowest BCUT2D eigenvalue weighted by Gasteiger charge is -2.02. The molecular formula is C13H12N2OS. The highest BCUT2D eigenvalue weighted by Gasteiger charge is 2.02. The maximum atomic E-state index is 11.1. The molecule has 1 heterocycles. The van der Waals surface area contributed by atoms with Gasteiger partial charge in [0.2, 0.25) is 5.91 Å². The van der Waals surface area contributed by atoms with E-state index < -0.39 is 0 Å². The summed E-state index contributed by atoms with van der Waals surface area (Å²) in [4.78, 5) is 15.5. The fourth-order valence-electron chi connectivity index (χ4n) is 1.41. The first kappa shape index (κ1) is 11.5. The van der Waals surface area contributed by atoms with Crippen LogP contribution in [-0.2, 0) is 4.79 Å². The summed E-state index contributed by atoms with van der Waals surface area (Å²) in [5.74, 6) is -0.206. The summed E-state index contributed by atoms with van der Waals surface area (Å²) in [7, 11) is 0. The van der Waals surface area contributed by atoms with Gasteiger partial charge in [-0.2, -0.15) is 0 Å². The quantitative estimate of drug-likeness (QED) is 0.842. The second-order valence-electron chi connectivity index (χ2n) is 3.52. The summed E-state index contributed by atoms with van der Waals surface area (Å²) in [5, 5.41) is 5.77. The topological polar surface area (TPSA) is 42.0 Å². The lowest BCUT2D eigenvalue weighted by Crippen LogP contribution is -2.06. The smallest absolute Gasteiger partial charge is 0.247 e. The second-order valence-corrected chi connectivity index (χ2v) is 4.58. The van der Waals surface area contributed by atoms with E-state index in [1.807, 2.05) is 36.6 Å². The van der Waals surface area contributed by atoms with Crippen molar-refractivity contribution in [2.24, 2.45) is 0 Å². The van der Waals surface area contributed by atoms with Gasteiger partial charge >= 0.3 is 0 Å². The largest absolute Gasteiger partial charge is 0.323 e. The van der Waals surface area contributed by atoms with Crippen LogP contribution in [0.4, 0.5) is 5.69 Å². The van der Waals surface area contributed by atoms with Crippen molar-refractivity contribution in [1.82, 2.24) is 4.98 Å². The molecule has 0 atom stereocenters. The van der Waals surface area contributed by atoms with E-state index in [1.165, 1.54) is 6.08 Å². The van der Waals surface area contributed by atoms with Crippen molar-refractivity contribution in [2.45, 2.75) is 6.92 Å². The van der Waals surface area contributed by atoms with Gasteiger partial charge < -0.3 is 5.32 Å². The number of amides is 1. The van der Waals surface area contributed by atoms with Crippen LogP contribution in [0.5, 0.6) is 0 Å². The highest BCUT2D eigenvalue weighted by atomic mass is 32.1. The summed E-state index contributed by atoms with van der Waals surface area (Å²) in [6.45, 7) is 5.38. The van der Waals surface area contributed by atoms with Crippen LogP contribution in [0.25, 0.3) is 11.3 Å². The fourth-order valence-corrected chi connectivity index (χ4v) is 2.04. The Bertz CT molecular complexity index is 543. The van der Waals surface area contributed by atoms with Crippen LogP contribution in [0.1, 0.15) is 5.01 Å². The minimum Gasteiger partial charge on any atom is -0.323 e. The number of carbonyl (C=O) groups excluding carboxylic acids is 1. The molecule has 4 heteroatoms. The molecule has 0 spiro atoms. The molecule has 0 aliphatic carbocycles. The van der Waals surface area contributed by atoms with Gasteiger partial charge in [0.05, 0.1) is 10.7 Å². The Labute approximate surface area is 104 Å². The van der Waals surface area contributed by atoms with E-state index in [4.69, 9.17) is 0 Å². The predicted molar refractivity (Wildman–Crippen MR) is 71.1 cm³/mol. The van der Waals surface area contributed by atoms with Crippen LogP contribution in [-0.4, -0.2) is 10.9 Å². The van der Waals surface area contributed by atoms with Crippen molar-refractivity contribution in [3.05, 3.63) is 47.3 Å². The molecule has 0 fully saturated rings. The van der Waals surface area contributed by atoms with Crippen molar-refractivity contribution in [1.29, 1.82) is 0 Å². The molecule has 1 aromatic heterocycles. The SMILES string of the molecule is C=CC(=O)Nc1ccc(-c2csc(C)n2)cc1. The maximum Gasteiger partial charge on any atom is 0.247 e. The van der Waals surface area contributed by atoms with Crippen LogP contribution in [0.15, 0.2) is 42.3 Å². The number of hydrogen-bond acceptors (Lipinski definition) is 3. The molecule has 0 saturated carbocycles. The molecule has 2 aromatic rings. The maximum absolute atomic E-state index is 11.1. The average molecular weight is 244 g/mol. The predicted octanol–water partition coefficient (Wildman–Crippen LogP) is 3.24. The first-order valence-electron chi connectivity index (χ1n) is 5.15. The first-order chi connectivity index (χ1) is 8.19. The zero-order chi connectivity index (χ0) is 12.3. The van der Waals surface area contributed by atoms with Gasteiger partial charge in [-0.05, 0) is 25.1 Å². The van der Waals surface area contributed by atoms with Crippen molar-refractivity contribution < 1.29 is 4.79 Å². The number of thiazole rings is 1. The van der Waals surface area contributed by atoms with Crippen LogP contribution < -0.4 is 5.32 Å². The highest BCUT2D eigenvalue weighted by Crippen LogP contribution is 2.22. The molecule has 86 valence electrons. The molecule has 2 rings (SSSR count). The number of nitrogens with one attached hydrogen (secondary N) is 1. The monoisotopic (exact) mass is 244 g/mol. The van der Waals surface area contributed by atoms with Gasteiger partial charge in [0.15, 0.2) is 0 Å². The van der Waals surface area contributed by atoms with Gasteiger partial charge in [-0.1, -0.05) is 18.7 Å². The number of rotatable bonds is 3. The van der Waals surface area contributed by atoms with E-state index in [0.717, 1.165) is 22.0 Å². The minimum absolute atomic E-state index is 0.206. The van der Waals surface area contributed by atoms with E-state index in [-0.39, 0.29) is 5.91 Å². The average Bonchev–Trinajstić information content (AvgIpc) is 2.77. The van der Waals surface area contributed by atoms with Crippen LogP contribution in [0.3, 0.4) is 0 Å². The van der Waals surface area contributed by atoms with Crippen LogP contribution in [0.2, 0.25) is 0 Å². The Morgan fingerprint density at radius 2 is 2.12 bits per heavy atom. The van der Waals surface area contributed by atoms with E-state index in [2.05, 4.69) is 16.9 Å². The number of anilines is 1. The Kier molecular flexibility index (Phi) is 3.35. The lowest BCUT2D eigenvalue weighted by molar-refractivity contribution is -0.111. The number of benzene rings is 1. The number of aromatic nitrogens is 1. The third-order valence-corrected chi connectivity index (χ3v) is 3.03. The van der Waals surface area contributed by atoms with E-state index in [0.29, 0.717) is 0 Å². The molecule has 1 amide bonds. The lowest BCUT2D eigenvalue weighted by atomic mass is 10.1. The third kappa shape index (κ3) is 2.79. The molecule has 0 radical (unpaired) electrons. The zero-order valence-corrected chi connectivity index (χ0v) is 10.3. The van der Waals surface area contributed by atoms with E-state index in [1.54, 1.807) is 11.3 Å². The fraction of sp³-hybridized carbons (Fsp3) is 0.0769. The molecular weight excluding hydrogens is 232 g/mol. The van der Waals surface area contributed by atoms with Gasteiger partial charge in [-0.25, -0.2) is 4.98 Å². The second kappa shape index (κ2) is 4.93. The summed E-state index contributed by atoms with van der Waals surface area (Å²) in [6.07, 6.45) is 1.25. The van der Waals surface area contributed by atoms with Gasteiger partial charge in [0, 0.05) is 16.6 Å². The number of nitrogens with zero attached hydrogens (tertiary/aromatic N) is 1. The summed E-state index contributed by atoms with van der Waals surface area (Å²) in [6, 6.07) is 7.58. The Hall–Kier alpha value is -1.94. The van der Waals surface area contributed by atoms with Gasteiger partial charge in [-0.15, -0.1) is 11.3 Å². The van der Waals surface area contributed by atoms with E-state index >= 15 is 0 Å². The Morgan fingerprint density at radius 1 is 1.41 bits per heavy atom. The Morgan fingerprint density at radius 3 is 2.65 bits per heavy atom. The van der Waals surface area contributed by atoms with Crippen molar-refractivity contribution in [3.8, 4) is 11.3 Å². The Balaban J connectivity index is 2.18. The number of hydrogen-bond donors (Lipinski definition) is 1. The molecule has 0 aliphatic heterocycles. The zero-order valence-electron chi connectivity index (χ0n) is 9.43. The third-order valence-electron chi connectivity index (χ3n) is 2.25. The van der Waals surface area contributed by atoms with Gasteiger partial charge in [-0.3, -0.25) is 4.79 Å². The molecule has 0 bridgehead atoms. The van der Waals surface area contributed by atoms with E-state index in [9.17, 15) is 4.79 Å². The number of carbonyl (C=O) groups is 1. The van der Waals surface area contributed by atoms with Crippen molar-refractivity contribution in [3.63, 3.8) is 0 Å². The standard InChI is InChI=1S/C13H12N2OS/c1-3-13(16)15-11-6-4-10(5-7-11)12-8-17-9(2)14-12/h3-8H,1H2,2H3,(H,15,16). The molecule has 1 N–H and O–H groups in total.